The van der Waals surface area contributed by atoms with Gasteiger partial charge in [-0.05, 0) is 54.0 Å². The van der Waals surface area contributed by atoms with Crippen molar-refractivity contribution in [3.63, 3.8) is 0 Å². The SMILES string of the molecule is CCCCc1c(Cl)n(CCC)c(=O)n1-c1ccc(-c2ncccc2-c2nnn[nH]2)cc1. The third kappa shape index (κ3) is 4.03. The van der Waals surface area contributed by atoms with E-state index in [1.807, 2.05) is 43.3 Å². The minimum atomic E-state index is -0.100. The number of hydrogen-bond acceptors (Lipinski definition) is 5. The number of aromatic nitrogens is 7. The van der Waals surface area contributed by atoms with E-state index in [9.17, 15) is 4.79 Å². The lowest BCUT2D eigenvalue weighted by atomic mass is 10.0. The Hall–Kier alpha value is -3.26. The highest BCUT2D eigenvalue weighted by molar-refractivity contribution is 6.30. The van der Waals surface area contributed by atoms with Gasteiger partial charge in [-0.1, -0.05) is 44.0 Å². The summed E-state index contributed by atoms with van der Waals surface area (Å²) in [5.74, 6) is 0.550. The first-order valence-corrected chi connectivity index (χ1v) is 10.8. The first-order chi connectivity index (χ1) is 15.2. The monoisotopic (exact) mass is 437 g/mol. The van der Waals surface area contributed by atoms with Gasteiger partial charge in [-0.3, -0.25) is 14.1 Å². The third-order valence-electron chi connectivity index (χ3n) is 5.19. The van der Waals surface area contributed by atoms with Crippen molar-refractivity contribution in [3.8, 4) is 28.3 Å². The third-order valence-corrected chi connectivity index (χ3v) is 5.61. The molecular formula is C22H24ClN7O. The van der Waals surface area contributed by atoms with Gasteiger partial charge in [-0.15, -0.1) is 5.10 Å². The smallest absolute Gasteiger partial charge is 0.282 e. The summed E-state index contributed by atoms with van der Waals surface area (Å²) in [5, 5.41) is 14.6. The summed E-state index contributed by atoms with van der Waals surface area (Å²) in [7, 11) is 0. The number of hydrogen-bond donors (Lipinski definition) is 1. The fraction of sp³-hybridized carbons (Fsp3) is 0.318. The molecule has 0 saturated carbocycles. The van der Waals surface area contributed by atoms with Crippen LogP contribution in [0.5, 0.6) is 0 Å². The first-order valence-electron chi connectivity index (χ1n) is 10.5. The van der Waals surface area contributed by atoms with E-state index < -0.39 is 0 Å². The second-order valence-corrected chi connectivity index (χ2v) is 7.66. The molecule has 8 nitrogen and oxygen atoms in total. The molecule has 0 aliphatic carbocycles. The summed E-state index contributed by atoms with van der Waals surface area (Å²) in [6, 6.07) is 11.5. The van der Waals surface area contributed by atoms with E-state index in [0.717, 1.165) is 53.9 Å². The fourth-order valence-corrected chi connectivity index (χ4v) is 4.01. The van der Waals surface area contributed by atoms with Crippen LogP contribution in [0.4, 0.5) is 0 Å². The molecule has 0 spiro atoms. The van der Waals surface area contributed by atoms with Crippen molar-refractivity contribution in [1.82, 2.24) is 34.7 Å². The molecule has 0 unspecified atom stereocenters. The molecular weight excluding hydrogens is 414 g/mol. The molecule has 160 valence electrons. The predicted molar refractivity (Wildman–Crippen MR) is 120 cm³/mol. The largest absolute Gasteiger partial charge is 0.334 e. The van der Waals surface area contributed by atoms with Crippen LogP contribution in [0.1, 0.15) is 38.8 Å². The summed E-state index contributed by atoms with van der Waals surface area (Å²) < 4.78 is 3.39. The van der Waals surface area contributed by atoms with Crippen LogP contribution in [0.3, 0.4) is 0 Å². The van der Waals surface area contributed by atoms with Gasteiger partial charge in [0.2, 0.25) is 0 Å². The molecule has 1 N–H and O–H groups in total. The number of benzene rings is 1. The first kappa shape index (κ1) is 21.0. The summed E-state index contributed by atoms with van der Waals surface area (Å²) in [6.07, 6.45) is 5.33. The molecule has 3 aromatic heterocycles. The van der Waals surface area contributed by atoms with E-state index in [0.29, 0.717) is 17.5 Å². The maximum atomic E-state index is 13.1. The van der Waals surface area contributed by atoms with Gasteiger partial charge < -0.3 is 0 Å². The van der Waals surface area contributed by atoms with Crippen LogP contribution in [0.25, 0.3) is 28.3 Å². The van der Waals surface area contributed by atoms with E-state index in [1.54, 1.807) is 15.3 Å². The van der Waals surface area contributed by atoms with Gasteiger partial charge in [0.05, 0.1) is 17.1 Å². The quantitative estimate of drug-likeness (QED) is 0.443. The molecule has 0 aliphatic rings. The van der Waals surface area contributed by atoms with Gasteiger partial charge in [-0.2, -0.15) is 0 Å². The molecule has 4 aromatic rings. The summed E-state index contributed by atoms with van der Waals surface area (Å²) in [5.41, 5.74) is 4.01. The zero-order valence-electron chi connectivity index (χ0n) is 17.5. The Morgan fingerprint density at radius 3 is 2.58 bits per heavy atom. The van der Waals surface area contributed by atoms with Crippen molar-refractivity contribution in [2.24, 2.45) is 0 Å². The molecule has 0 saturated heterocycles. The number of rotatable bonds is 8. The van der Waals surface area contributed by atoms with Crippen LogP contribution < -0.4 is 5.69 Å². The van der Waals surface area contributed by atoms with Crippen molar-refractivity contribution in [1.29, 1.82) is 0 Å². The second kappa shape index (κ2) is 9.26. The normalized spacial score (nSPS) is 11.2. The number of halogens is 1. The van der Waals surface area contributed by atoms with Crippen LogP contribution in [0.2, 0.25) is 5.15 Å². The summed E-state index contributed by atoms with van der Waals surface area (Å²) in [6.45, 7) is 4.77. The lowest BCUT2D eigenvalue weighted by Gasteiger charge is -2.10. The minimum Gasteiger partial charge on any atom is -0.282 e. The van der Waals surface area contributed by atoms with Crippen LogP contribution in [0, 0.1) is 0 Å². The van der Waals surface area contributed by atoms with Crippen LogP contribution >= 0.6 is 11.6 Å². The summed E-state index contributed by atoms with van der Waals surface area (Å²) >= 11 is 6.61. The van der Waals surface area contributed by atoms with Crippen molar-refractivity contribution in [3.05, 3.63) is 63.9 Å². The predicted octanol–water partition coefficient (Wildman–Crippen LogP) is 4.29. The number of pyridine rings is 1. The Morgan fingerprint density at radius 1 is 1.10 bits per heavy atom. The topological polar surface area (TPSA) is 94.3 Å². The van der Waals surface area contributed by atoms with Gasteiger partial charge in [-0.25, -0.2) is 9.89 Å². The minimum absolute atomic E-state index is 0.100. The van der Waals surface area contributed by atoms with Crippen molar-refractivity contribution in [2.75, 3.05) is 0 Å². The van der Waals surface area contributed by atoms with Crippen molar-refractivity contribution in [2.45, 2.75) is 46.1 Å². The van der Waals surface area contributed by atoms with Gasteiger partial charge >= 0.3 is 5.69 Å². The average Bonchev–Trinajstić information content (AvgIpc) is 3.41. The Kier molecular flexibility index (Phi) is 6.27. The van der Waals surface area contributed by atoms with Crippen molar-refractivity contribution >= 4 is 11.6 Å². The maximum absolute atomic E-state index is 13.1. The Labute approximate surface area is 184 Å². The second-order valence-electron chi connectivity index (χ2n) is 7.31. The van der Waals surface area contributed by atoms with E-state index >= 15 is 0 Å². The number of nitrogens with one attached hydrogen (secondary N) is 1. The highest BCUT2D eigenvalue weighted by Crippen LogP contribution is 2.29. The average molecular weight is 438 g/mol. The Balaban J connectivity index is 1.77. The lowest BCUT2D eigenvalue weighted by molar-refractivity contribution is 0.648. The van der Waals surface area contributed by atoms with Gasteiger partial charge in [0, 0.05) is 23.9 Å². The fourth-order valence-electron chi connectivity index (χ4n) is 3.68. The number of aromatic amines is 1. The molecule has 1 aromatic carbocycles. The number of nitrogens with zero attached hydrogens (tertiary/aromatic N) is 6. The number of H-pyrrole nitrogens is 1. The van der Waals surface area contributed by atoms with E-state index in [1.165, 1.54) is 0 Å². The molecule has 0 radical (unpaired) electrons. The molecule has 0 atom stereocenters. The van der Waals surface area contributed by atoms with Gasteiger partial charge in [0.1, 0.15) is 5.15 Å². The molecule has 0 fully saturated rings. The molecule has 0 aliphatic heterocycles. The number of tetrazole rings is 1. The molecule has 0 amide bonds. The molecule has 3 heterocycles. The Bertz CT molecular complexity index is 1210. The standard InChI is InChI=1S/C22H24ClN7O/c1-3-5-8-18-20(23)29(14-4-2)22(31)30(18)16-11-9-15(10-12-16)19-17(7-6-13-24-19)21-25-27-28-26-21/h6-7,9-13H,3-5,8,14H2,1-2H3,(H,25,26,27,28). The van der Waals surface area contributed by atoms with E-state index in [2.05, 4.69) is 32.5 Å². The zero-order valence-corrected chi connectivity index (χ0v) is 18.3. The van der Waals surface area contributed by atoms with Crippen LogP contribution in [-0.4, -0.2) is 34.7 Å². The molecule has 9 heteroatoms. The lowest BCUT2D eigenvalue weighted by Crippen LogP contribution is -2.24. The van der Waals surface area contributed by atoms with Gasteiger partial charge in [0.15, 0.2) is 5.82 Å². The number of unbranched alkanes of at least 4 members (excludes halogenated alkanes) is 1. The van der Waals surface area contributed by atoms with Crippen molar-refractivity contribution < 1.29 is 0 Å². The molecule has 31 heavy (non-hydrogen) atoms. The maximum Gasteiger partial charge on any atom is 0.334 e. The highest BCUT2D eigenvalue weighted by atomic mass is 35.5. The highest BCUT2D eigenvalue weighted by Gasteiger charge is 2.19. The van der Waals surface area contributed by atoms with Crippen LogP contribution in [-0.2, 0) is 13.0 Å². The van der Waals surface area contributed by atoms with Gasteiger partial charge in [0.25, 0.3) is 0 Å². The molecule has 0 bridgehead atoms. The summed E-state index contributed by atoms with van der Waals surface area (Å²) in [4.78, 5) is 17.6. The van der Waals surface area contributed by atoms with E-state index in [-0.39, 0.29) is 5.69 Å². The zero-order chi connectivity index (χ0) is 21.8. The molecule has 4 rings (SSSR count). The number of imidazole rings is 1. The van der Waals surface area contributed by atoms with Crippen LogP contribution in [0.15, 0.2) is 47.4 Å². The van der Waals surface area contributed by atoms with E-state index in [4.69, 9.17) is 11.6 Å². The Morgan fingerprint density at radius 2 is 1.90 bits per heavy atom.